The number of phenols is 1. The normalized spacial score (nSPS) is 19.7. The molecule has 9 rings (SSSR count). The van der Waals surface area contributed by atoms with Crippen LogP contribution in [0.1, 0.15) is 166 Å². The Hall–Kier alpha value is -6.67. The summed E-state index contributed by atoms with van der Waals surface area (Å²) in [7, 11) is -5.87. The van der Waals surface area contributed by atoms with E-state index in [9.17, 15) is 45.7 Å². The molecular formula is C71H92F2O15S2. The zero-order valence-electron chi connectivity index (χ0n) is 54.7. The summed E-state index contributed by atoms with van der Waals surface area (Å²) < 4.78 is 88.8. The first-order valence-corrected chi connectivity index (χ1v) is 33.4. The summed E-state index contributed by atoms with van der Waals surface area (Å²) in [5.74, 6) is -1.01. The third kappa shape index (κ3) is 19.0. The molecule has 3 saturated heterocycles. The Labute approximate surface area is 534 Å². The SMILES string of the molecule is CCC(C)(C)C(=O)OC(C)(C)C1CCCc2ccccc21.CCC(C)(C)C(=O)OC(C)C(F)(F)S(=O)(=O)[O-].CCC(C)(C)C(=O)OC1C2CC3C(=O)OC1C3O2.CCC(C)(C)C(=O)Oc1ccc(O)cc1.c1ccc([S+](c2ccccc2)c2ccccc2)cc1. The van der Waals surface area contributed by atoms with Gasteiger partial charge in [0.05, 0.1) is 44.6 Å². The summed E-state index contributed by atoms with van der Waals surface area (Å²) >= 11 is 0. The lowest BCUT2D eigenvalue weighted by Gasteiger charge is -2.39. The average Bonchev–Trinajstić information content (AvgIpc) is 1.60. The molecule has 4 aliphatic rings. The molecule has 492 valence electrons. The van der Waals surface area contributed by atoms with E-state index in [-0.39, 0.29) is 58.6 Å². The van der Waals surface area contributed by atoms with E-state index in [0.29, 0.717) is 37.9 Å². The Morgan fingerprint density at radius 1 is 0.633 bits per heavy atom. The van der Waals surface area contributed by atoms with Gasteiger partial charge in [0.1, 0.15) is 23.2 Å². The Balaban J connectivity index is 0.000000205. The highest BCUT2D eigenvalue weighted by Crippen LogP contribution is 2.48. The molecule has 3 fully saturated rings. The van der Waals surface area contributed by atoms with Gasteiger partial charge < -0.3 is 38.1 Å². The lowest BCUT2D eigenvalue weighted by Crippen LogP contribution is -2.44. The second-order valence-corrected chi connectivity index (χ2v) is 29.5. The molecule has 90 heavy (non-hydrogen) atoms. The number of benzene rings is 5. The first-order chi connectivity index (χ1) is 42.0. The van der Waals surface area contributed by atoms with Gasteiger partial charge in [-0.3, -0.25) is 24.0 Å². The quantitative estimate of drug-likeness (QED) is 0.0284. The van der Waals surface area contributed by atoms with Gasteiger partial charge in [-0.1, -0.05) is 107 Å². The van der Waals surface area contributed by atoms with Gasteiger partial charge in [0, 0.05) is 5.92 Å². The lowest BCUT2D eigenvalue weighted by atomic mass is 9.74. The van der Waals surface area contributed by atoms with Crippen molar-refractivity contribution in [1.82, 2.24) is 0 Å². The van der Waals surface area contributed by atoms with Crippen LogP contribution in [0, 0.1) is 27.6 Å². The second kappa shape index (κ2) is 31.1. The number of aromatic hydroxyl groups is 1. The monoisotopic (exact) mass is 1290 g/mol. The Bertz CT molecular complexity index is 3190. The molecule has 3 aliphatic heterocycles. The van der Waals surface area contributed by atoms with Crippen LogP contribution in [0.5, 0.6) is 11.5 Å². The minimum Gasteiger partial charge on any atom is -0.743 e. The highest BCUT2D eigenvalue weighted by molar-refractivity contribution is 7.97. The smallest absolute Gasteiger partial charge is 0.369 e. The number of hydrogen-bond acceptors (Lipinski definition) is 15. The molecule has 19 heteroatoms. The van der Waals surface area contributed by atoms with Crippen molar-refractivity contribution in [3.05, 3.63) is 151 Å². The molecule has 0 spiro atoms. The lowest BCUT2D eigenvalue weighted by molar-refractivity contribution is -0.170. The van der Waals surface area contributed by atoms with Gasteiger partial charge in [0.15, 0.2) is 43.1 Å². The zero-order chi connectivity index (χ0) is 67.2. The third-order valence-electron chi connectivity index (χ3n) is 17.4. The zero-order valence-corrected chi connectivity index (χ0v) is 56.3. The molecule has 1 N–H and O–H groups in total. The molecule has 0 aromatic heterocycles. The van der Waals surface area contributed by atoms with Crippen LogP contribution in [-0.4, -0.2) is 89.3 Å². The van der Waals surface area contributed by atoms with E-state index in [4.69, 9.17) is 28.8 Å². The maximum absolute atomic E-state index is 13.0. The van der Waals surface area contributed by atoms with Crippen molar-refractivity contribution in [3.63, 3.8) is 0 Å². The van der Waals surface area contributed by atoms with E-state index >= 15 is 0 Å². The van der Waals surface area contributed by atoms with E-state index in [2.05, 4.69) is 134 Å². The first-order valence-electron chi connectivity index (χ1n) is 30.8. The number of aryl methyl sites for hydroxylation is 1. The number of ether oxygens (including phenoxy) is 6. The fourth-order valence-electron chi connectivity index (χ4n) is 9.60. The largest absolute Gasteiger partial charge is 0.743 e. The molecule has 7 unspecified atom stereocenters. The van der Waals surface area contributed by atoms with Crippen molar-refractivity contribution in [2.24, 2.45) is 27.6 Å². The molecule has 7 atom stereocenters. The Morgan fingerprint density at radius 2 is 1.08 bits per heavy atom. The average molecular weight is 1290 g/mol. The number of rotatable bonds is 18. The number of fused-ring (bicyclic) bond motifs is 2. The molecule has 1 aliphatic carbocycles. The van der Waals surface area contributed by atoms with Crippen LogP contribution < -0.4 is 4.74 Å². The van der Waals surface area contributed by atoms with Crippen molar-refractivity contribution in [1.29, 1.82) is 0 Å². The Kier molecular flexibility index (Phi) is 25.6. The number of hydrogen-bond donors (Lipinski definition) is 1. The van der Waals surface area contributed by atoms with Gasteiger partial charge in [-0.2, -0.15) is 8.78 Å². The van der Waals surface area contributed by atoms with Crippen LogP contribution >= 0.6 is 0 Å². The van der Waals surface area contributed by atoms with Gasteiger partial charge >= 0.3 is 35.1 Å². The predicted octanol–water partition coefficient (Wildman–Crippen LogP) is 14.9. The molecule has 3 heterocycles. The molecule has 0 radical (unpaired) electrons. The van der Waals surface area contributed by atoms with Crippen molar-refractivity contribution < 1.29 is 79.3 Å². The molecule has 0 saturated carbocycles. The van der Waals surface area contributed by atoms with Crippen molar-refractivity contribution in [3.8, 4) is 11.5 Å². The molecule has 15 nitrogen and oxygen atoms in total. The molecular weight excluding hydrogens is 1190 g/mol. The summed E-state index contributed by atoms with van der Waals surface area (Å²) in [6.07, 6.45) is 3.06. The van der Waals surface area contributed by atoms with Crippen molar-refractivity contribution in [2.75, 3.05) is 0 Å². The highest BCUT2D eigenvalue weighted by atomic mass is 32.2. The fraction of sp³-hybridized carbons (Fsp3) is 0.507. The minimum atomic E-state index is -5.86. The summed E-state index contributed by atoms with van der Waals surface area (Å²) in [6, 6.07) is 46.8. The molecule has 5 aromatic rings. The summed E-state index contributed by atoms with van der Waals surface area (Å²) in [4.78, 5) is 63.2. The molecule has 2 bridgehead atoms. The van der Waals surface area contributed by atoms with Crippen molar-refractivity contribution in [2.45, 2.75) is 217 Å². The summed E-state index contributed by atoms with van der Waals surface area (Å²) in [6.45, 7) is 26.6. The van der Waals surface area contributed by atoms with E-state index in [1.807, 2.05) is 62.3 Å². The molecule has 0 amide bonds. The summed E-state index contributed by atoms with van der Waals surface area (Å²) in [5, 5.41) is 4.42. The van der Waals surface area contributed by atoms with Crippen molar-refractivity contribution >= 4 is 50.9 Å². The van der Waals surface area contributed by atoms with Gasteiger partial charge in [0.2, 0.25) is 0 Å². The van der Waals surface area contributed by atoms with Crippen LogP contribution in [0.2, 0.25) is 0 Å². The number of carbonyl (C=O) groups is 5. The second-order valence-electron chi connectivity index (χ2n) is 26.0. The van der Waals surface area contributed by atoms with Gasteiger partial charge in [-0.25, -0.2) is 8.42 Å². The Morgan fingerprint density at radius 3 is 1.56 bits per heavy atom. The highest BCUT2D eigenvalue weighted by Gasteiger charge is 2.65. The predicted molar refractivity (Wildman–Crippen MR) is 341 cm³/mol. The van der Waals surface area contributed by atoms with Gasteiger partial charge in [-0.05, 0) is 199 Å². The first kappa shape index (κ1) is 74.1. The van der Waals surface area contributed by atoms with Gasteiger partial charge in [-0.15, -0.1) is 0 Å². The number of carbonyl (C=O) groups excluding carboxylic acids is 5. The topological polar surface area (TPSA) is 218 Å². The number of esters is 5. The fourth-order valence-corrected chi connectivity index (χ4v) is 12.2. The maximum Gasteiger partial charge on any atom is 0.369 e. The van der Waals surface area contributed by atoms with Crippen LogP contribution in [0.15, 0.2) is 154 Å². The number of halogens is 2. The minimum absolute atomic E-state index is 0.0146. The number of alkyl halides is 2. The number of phenolic OH excluding ortho intramolecular Hbond substituents is 1. The van der Waals surface area contributed by atoms with E-state index < -0.39 is 66.9 Å². The van der Waals surface area contributed by atoms with Gasteiger partial charge in [0.25, 0.3) is 0 Å². The summed E-state index contributed by atoms with van der Waals surface area (Å²) in [5.41, 5.74) is -0.104. The standard InChI is InChI=1S/C19H28O2.C18H15S.C13H18O5.C12H16O3.C9H16F2O5S/c1-6-18(2,3)17(20)21-19(4,5)16-13-9-11-14-10-7-8-12-15(14)16;1-4-10-16(11-5-1)19(17-12-6-2-7-13-17)18-14-8-3-9-15-18;1-4-13(2,3)12(15)18-9-7-5-6-8(16-7)10(9)17-11(6)14;1-4-12(2,3)11(14)15-10-7-5-9(13)6-8-10;1-5-8(3,4)7(12)16-6(2)9(10,11)17(13,14)15/h7-8,10,12,16H,6,9,11,13H2,1-5H3;1-15H;6-10H,4-5H2,1-3H3;5-8,13H,4H2,1-3H3;6H,5H2,1-4H3,(H,13,14,15)/q;+1;;;/p-1. The third-order valence-corrected chi connectivity index (χ3v) is 20.6. The molecule has 5 aromatic carbocycles. The van der Waals surface area contributed by atoms with Crippen LogP contribution in [0.25, 0.3) is 0 Å². The van der Waals surface area contributed by atoms with E-state index in [1.54, 1.807) is 19.1 Å². The van der Waals surface area contributed by atoms with E-state index in [1.165, 1.54) is 58.2 Å². The van der Waals surface area contributed by atoms with Crippen LogP contribution in [-0.2, 0) is 75.1 Å². The van der Waals surface area contributed by atoms with E-state index in [0.717, 1.165) is 25.7 Å². The van der Waals surface area contributed by atoms with Crippen LogP contribution in [0.3, 0.4) is 0 Å². The van der Waals surface area contributed by atoms with Crippen LogP contribution in [0.4, 0.5) is 8.78 Å². The maximum atomic E-state index is 13.0.